The van der Waals surface area contributed by atoms with Crippen LogP contribution in [0.3, 0.4) is 0 Å². The van der Waals surface area contributed by atoms with Crippen molar-refractivity contribution in [3.63, 3.8) is 0 Å². The van der Waals surface area contributed by atoms with E-state index in [1.54, 1.807) is 10.6 Å². The normalized spacial score (nSPS) is 10.8. The Kier molecular flexibility index (Phi) is 3.92. The highest BCUT2D eigenvalue weighted by Gasteiger charge is 2.13. The quantitative estimate of drug-likeness (QED) is 0.766. The molecule has 23 heavy (non-hydrogen) atoms. The second-order valence-electron chi connectivity index (χ2n) is 5.31. The van der Waals surface area contributed by atoms with Crippen LogP contribution in [0.2, 0.25) is 5.02 Å². The van der Waals surface area contributed by atoms with Crippen LogP contribution in [0, 0.1) is 20.8 Å². The molecule has 0 spiro atoms. The lowest BCUT2D eigenvalue weighted by Crippen LogP contribution is -2.06. The first kappa shape index (κ1) is 15.3. The number of anilines is 2. The third kappa shape index (κ3) is 3.12. The average Bonchev–Trinajstić information content (AvgIpc) is 2.82. The minimum absolute atomic E-state index is 0.00297. The van der Waals surface area contributed by atoms with Crippen LogP contribution in [-0.4, -0.2) is 24.6 Å². The van der Waals surface area contributed by atoms with Gasteiger partial charge in [0.1, 0.15) is 0 Å². The molecule has 0 aliphatic carbocycles. The molecule has 3 aromatic rings. The summed E-state index contributed by atoms with van der Waals surface area (Å²) in [6.45, 7) is 5.70. The van der Waals surface area contributed by atoms with Gasteiger partial charge in [-0.2, -0.15) is 0 Å². The molecule has 0 unspecified atom stereocenters. The van der Waals surface area contributed by atoms with Crippen LogP contribution in [0.5, 0.6) is 5.88 Å². The number of imidazole rings is 1. The van der Waals surface area contributed by atoms with Crippen LogP contribution in [0.1, 0.15) is 17.0 Å². The smallest absolute Gasteiger partial charge is 0.229 e. The Hall–Kier alpha value is -2.60. The number of aromatic nitrogens is 4. The van der Waals surface area contributed by atoms with Crippen molar-refractivity contribution in [1.29, 1.82) is 0 Å². The molecule has 0 fully saturated rings. The van der Waals surface area contributed by atoms with Crippen molar-refractivity contribution in [2.75, 3.05) is 5.32 Å². The summed E-state index contributed by atoms with van der Waals surface area (Å²) >= 11 is 6.18. The Balaban J connectivity index is 2.03. The summed E-state index contributed by atoms with van der Waals surface area (Å²) < 4.78 is 1.55. The molecule has 2 aromatic heterocycles. The van der Waals surface area contributed by atoms with Crippen molar-refractivity contribution in [3.8, 4) is 11.6 Å². The Bertz CT molecular complexity index is 855. The van der Waals surface area contributed by atoms with Gasteiger partial charge in [-0.1, -0.05) is 17.7 Å². The molecule has 2 N–H and O–H groups in total. The van der Waals surface area contributed by atoms with Crippen LogP contribution >= 0.6 is 11.6 Å². The number of aryl methyl sites for hydroxylation is 3. The first-order valence-corrected chi connectivity index (χ1v) is 7.44. The lowest BCUT2D eigenvalue weighted by molar-refractivity contribution is 0.443. The van der Waals surface area contributed by atoms with E-state index >= 15 is 0 Å². The average molecular weight is 330 g/mol. The molecule has 0 aliphatic heterocycles. The summed E-state index contributed by atoms with van der Waals surface area (Å²) in [4.78, 5) is 12.8. The number of hydrogen-bond donors (Lipinski definition) is 2. The molecule has 0 amide bonds. The van der Waals surface area contributed by atoms with Crippen molar-refractivity contribution in [3.05, 3.63) is 52.4 Å². The van der Waals surface area contributed by atoms with Gasteiger partial charge in [0.2, 0.25) is 17.8 Å². The zero-order chi connectivity index (χ0) is 16.6. The Labute approximate surface area is 138 Å². The van der Waals surface area contributed by atoms with E-state index in [-0.39, 0.29) is 5.88 Å². The van der Waals surface area contributed by atoms with Crippen LogP contribution in [0.25, 0.3) is 5.69 Å². The number of aromatic hydroxyl groups is 1. The monoisotopic (exact) mass is 329 g/mol. The molecule has 118 valence electrons. The zero-order valence-corrected chi connectivity index (χ0v) is 13.8. The van der Waals surface area contributed by atoms with Crippen LogP contribution < -0.4 is 5.32 Å². The van der Waals surface area contributed by atoms with Gasteiger partial charge in [-0.3, -0.25) is 5.32 Å². The van der Waals surface area contributed by atoms with E-state index in [2.05, 4.69) is 20.3 Å². The summed E-state index contributed by atoms with van der Waals surface area (Å²) in [5, 5.41) is 13.8. The van der Waals surface area contributed by atoms with E-state index in [0.717, 1.165) is 17.0 Å². The zero-order valence-electron chi connectivity index (χ0n) is 13.0. The van der Waals surface area contributed by atoms with E-state index in [1.165, 1.54) is 6.20 Å². The molecule has 0 radical (unpaired) electrons. The van der Waals surface area contributed by atoms with E-state index in [9.17, 15) is 5.11 Å². The number of nitrogens with zero attached hydrogens (tertiary/aromatic N) is 4. The molecular formula is C16H16ClN5O. The molecule has 2 heterocycles. The van der Waals surface area contributed by atoms with Crippen molar-refractivity contribution in [1.82, 2.24) is 19.5 Å². The highest BCUT2D eigenvalue weighted by atomic mass is 35.5. The van der Waals surface area contributed by atoms with Gasteiger partial charge >= 0.3 is 0 Å². The van der Waals surface area contributed by atoms with E-state index in [1.807, 2.05) is 39.0 Å². The van der Waals surface area contributed by atoms with Gasteiger partial charge in [0.25, 0.3) is 0 Å². The predicted octanol–water partition coefficient (Wildman–Crippen LogP) is 3.69. The third-order valence-corrected chi connectivity index (χ3v) is 3.77. The maximum absolute atomic E-state index is 10.1. The number of hydrogen-bond acceptors (Lipinski definition) is 5. The molecule has 6 nitrogen and oxygen atoms in total. The minimum Gasteiger partial charge on any atom is -0.493 e. The fourth-order valence-electron chi connectivity index (χ4n) is 2.29. The summed E-state index contributed by atoms with van der Waals surface area (Å²) in [5.74, 6) is 0.830. The molecule has 1 aromatic carbocycles. The summed E-state index contributed by atoms with van der Waals surface area (Å²) in [6.07, 6.45) is 1.36. The largest absolute Gasteiger partial charge is 0.493 e. The molecule has 0 saturated carbocycles. The number of halogens is 1. The highest BCUT2D eigenvalue weighted by molar-refractivity contribution is 6.31. The third-order valence-electron chi connectivity index (χ3n) is 3.36. The first-order chi connectivity index (χ1) is 10.9. The van der Waals surface area contributed by atoms with Crippen molar-refractivity contribution >= 4 is 23.5 Å². The first-order valence-electron chi connectivity index (χ1n) is 7.06. The number of nitrogens with one attached hydrogen (secondary N) is 1. The molecule has 0 aliphatic rings. The Morgan fingerprint density at radius 2 is 1.78 bits per heavy atom. The molecule has 0 atom stereocenters. The van der Waals surface area contributed by atoms with Crippen LogP contribution in [-0.2, 0) is 0 Å². The van der Waals surface area contributed by atoms with Crippen molar-refractivity contribution in [2.45, 2.75) is 20.8 Å². The minimum atomic E-state index is -0.00297. The van der Waals surface area contributed by atoms with Crippen molar-refractivity contribution in [2.24, 2.45) is 0 Å². The molecule has 0 saturated heterocycles. The standard InChI is InChI=1S/C16H16ClN5O/c1-9-4-5-12(7-13(9)17)22-14(23)8-18-16(22)21-15-19-10(2)6-11(3)20-15/h4-8,23H,1-3H3,(H,18,19,20,21). The lowest BCUT2D eigenvalue weighted by Gasteiger charge is -2.11. The van der Waals surface area contributed by atoms with E-state index in [4.69, 9.17) is 11.6 Å². The SMILES string of the molecule is Cc1cc(C)nc(Nc2ncc(O)n2-c2ccc(C)c(Cl)c2)n1. The van der Waals surface area contributed by atoms with Gasteiger partial charge in [-0.25, -0.2) is 19.5 Å². The van der Waals surface area contributed by atoms with E-state index < -0.39 is 0 Å². The van der Waals surface area contributed by atoms with Gasteiger partial charge in [0.05, 0.1) is 11.9 Å². The maximum Gasteiger partial charge on any atom is 0.229 e. The van der Waals surface area contributed by atoms with Gasteiger partial charge in [-0.15, -0.1) is 0 Å². The fraction of sp³-hybridized carbons (Fsp3) is 0.188. The lowest BCUT2D eigenvalue weighted by atomic mass is 10.2. The van der Waals surface area contributed by atoms with E-state index in [0.29, 0.717) is 22.6 Å². The van der Waals surface area contributed by atoms with Gasteiger partial charge in [-0.05, 0) is 44.5 Å². The summed E-state index contributed by atoms with van der Waals surface area (Å²) in [7, 11) is 0. The molecule has 7 heteroatoms. The topological polar surface area (TPSA) is 75.9 Å². The van der Waals surface area contributed by atoms with Gasteiger partial charge < -0.3 is 5.11 Å². The second-order valence-corrected chi connectivity index (χ2v) is 5.72. The molecule has 3 rings (SSSR count). The Morgan fingerprint density at radius 3 is 2.43 bits per heavy atom. The molecular weight excluding hydrogens is 314 g/mol. The second kappa shape index (κ2) is 5.89. The number of benzene rings is 1. The highest BCUT2D eigenvalue weighted by Crippen LogP contribution is 2.27. The van der Waals surface area contributed by atoms with Crippen molar-refractivity contribution < 1.29 is 5.11 Å². The Morgan fingerprint density at radius 1 is 1.09 bits per heavy atom. The van der Waals surface area contributed by atoms with Crippen LogP contribution in [0.15, 0.2) is 30.5 Å². The maximum atomic E-state index is 10.1. The fourth-order valence-corrected chi connectivity index (χ4v) is 2.46. The van der Waals surface area contributed by atoms with Gasteiger partial charge in [0.15, 0.2) is 0 Å². The number of rotatable bonds is 3. The van der Waals surface area contributed by atoms with Crippen LogP contribution in [0.4, 0.5) is 11.9 Å². The molecule has 0 bridgehead atoms. The summed E-state index contributed by atoms with van der Waals surface area (Å²) in [5.41, 5.74) is 3.35. The summed E-state index contributed by atoms with van der Waals surface area (Å²) in [6, 6.07) is 7.39. The predicted molar refractivity (Wildman–Crippen MR) is 89.8 cm³/mol. The van der Waals surface area contributed by atoms with Gasteiger partial charge in [0, 0.05) is 16.4 Å².